The van der Waals surface area contributed by atoms with E-state index in [-0.39, 0.29) is 6.61 Å². The zero-order chi connectivity index (χ0) is 22.4. The van der Waals surface area contributed by atoms with Crippen molar-refractivity contribution in [3.63, 3.8) is 0 Å². The molecule has 1 unspecified atom stereocenters. The molecule has 166 valence electrons. The van der Waals surface area contributed by atoms with Crippen molar-refractivity contribution >= 4 is 23.7 Å². The Morgan fingerprint density at radius 1 is 1.39 bits per heavy atom. The van der Waals surface area contributed by atoms with Crippen LogP contribution in [0.15, 0.2) is 47.3 Å². The predicted molar refractivity (Wildman–Crippen MR) is 121 cm³/mol. The predicted octanol–water partition coefficient (Wildman–Crippen LogP) is 4.21. The number of ether oxygens (including phenoxy) is 3. The summed E-state index contributed by atoms with van der Waals surface area (Å²) in [6, 6.07) is 5.01. The number of nitrogens with one attached hydrogen (secondary N) is 1. The molecule has 0 saturated heterocycles. The summed E-state index contributed by atoms with van der Waals surface area (Å²) in [5.41, 5.74) is 1.82. The molecule has 2 heterocycles. The van der Waals surface area contributed by atoms with E-state index >= 15 is 0 Å². The number of rotatable bonds is 10. The highest BCUT2D eigenvalue weighted by atomic mass is 32.2. The number of hydrogen-bond acceptors (Lipinski definition) is 8. The molecule has 1 aliphatic rings. The van der Waals surface area contributed by atoms with Gasteiger partial charge < -0.3 is 19.5 Å². The van der Waals surface area contributed by atoms with Crippen LogP contribution in [0.4, 0.5) is 5.95 Å². The third kappa shape index (κ3) is 4.71. The molecule has 0 radical (unpaired) electrons. The summed E-state index contributed by atoms with van der Waals surface area (Å²) in [6.07, 6.45) is 2.54. The number of carbonyl (C=O) groups excluding carboxylic acids is 1. The molecule has 0 spiro atoms. The van der Waals surface area contributed by atoms with Crippen LogP contribution in [-0.2, 0) is 9.53 Å². The van der Waals surface area contributed by atoms with Crippen LogP contribution in [-0.4, -0.2) is 46.8 Å². The molecule has 2 aromatic rings. The lowest BCUT2D eigenvalue weighted by Crippen LogP contribution is -2.30. The minimum Gasteiger partial charge on any atom is -0.493 e. The van der Waals surface area contributed by atoms with Gasteiger partial charge in [-0.05, 0) is 26.3 Å². The Hall–Kier alpha value is -2.94. The van der Waals surface area contributed by atoms with Crippen molar-refractivity contribution in [2.75, 3.05) is 31.4 Å². The van der Waals surface area contributed by atoms with Gasteiger partial charge in [-0.1, -0.05) is 43.5 Å². The number of para-hydroxylation sites is 1. The lowest BCUT2D eigenvalue weighted by molar-refractivity contribution is -0.138. The Morgan fingerprint density at radius 2 is 2.19 bits per heavy atom. The topological polar surface area (TPSA) is 87.5 Å². The fraction of sp³-hybridized carbons (Fsp3) is 0.409. The van der Waals surface area contributed by atoms with E-state index in [1.807, 2.05) is 32.0 Å². The van der Waals surface area contributed by atoms with E-state index in [9.17, 15) is 4.79 Å². The molecule has 1 N–H and O–H groups in total. The van der Waals surface area contributed by atoms with Gasteiger partial charge in [0.25, 0.3) is 0 Å². The first-order valence-electron chi connectivity index (χ1n) is 10.2. The second-order valence-electron chi connectivity index (χ2n) is 6.78. The maximum atomic E-state index is 13.1. The second-order valence-corrected chi connectivity index (χ2v) is 7.84. The highest BCUT2D eigenvalue weighted by Crippen LogP contribution is 2.43. The van der Waals surface area contributed by atoms with E-state index in [1.165, 1.54) is 6.08 Å². The number of benzene rings is 1. The van der Waals surface area contributed by atoms with Crippen LogP contribution < -0.4 is 14.8 Å². The number of nitrogens with zero attached hydrogens (tertiary/aromatic N) is 3. The van der Waals surface area contributed by atoms with E-state index in [0.29, 0.717) is 40.5 Å². The average molecular weight is 445 g/mol. The first kappa shape index (κ1) is 22.7. The quantitative estimate of drug-likeness (QED) is 0.331. The normalized spacial score (nSPS) is 15.2. The third-order valence-electron chi connectivity index (χ3n) is 4.63. The molecular formula is C22H28N4O4S. The van der Waals surface area contributed by atoms with Crippen molar-refractivity contribution in [1.29, 1.82) is 0 Å². The van der Waals surface area contributed by atoms with Gasteiger partial charge >= 0.3 is 5.97 Å². The highest BCUT2D eigenvalue weighted by molar-refractivity contribution is 7.99. The van der Waals surface area contributed by atoms with E-state index < -0.39 is 12.0 Å². The molecule has 0 bridgehead atoms. The molecule has 1 aromatic carbocycles. The van der Waals surface area contributed by atoms with Crippen molar-refractivity contribution in [1.82, 2.24) is 14.8 Å². The largest absolute Gasteiger partial charge is 0.493 e. The van der Waals surface area contributed by atoms with Gasteiger partial charge in [-0.2, -0.15) is 4.98 Å². The zero-order valence-electron chi connectivity index (χ0n) is 18.3. The van der Waals surface area contributed by atoms with Crippen LogP contribution in [0.2, 0.25) is 0 Å². The first-order valence-corrected chi connectivity index (χ1v) is 11.2. The molecule has 0 amide bonds. The van der Waals surface area contributed by atoms with Crippen LogP contribution in [0.5, 0.6) is 11.5 Å². The van der Waals surface area contributed by atoms with Crippen LogP contribution in [0.25, 0.3) is 0 Å². The summed E-state index contributed by atoms with van der Waals surface area (Å²) in [6.45, 7) is 10.0. The lowest BCUT2D eigenvalue weighted by atomic mass is 9.94. The summed E-state index contributed by atoms with van der Waals surface area (Å²) < 4.78 is 18.6. The van der Waals surface area contributed by atoms with Crippen molar-refractivity contribution < 1.29 is 19.0 Å². The lowest BCUT2D eigenvalue weighted by Gasteiger charge is -2.29. The summed E-state index contributed by atoms with van der Waals surface area (Å²) in [7, 11) is 1.59. The number of allylic oxidation sites excluding steroid dienone is 1. The Bertz CT molecular complexity index is 986. The molecule has 1 aliphatic heterocycles. The number of anilines is 1. The third-order valence-corrected chi connectivity index (χ3v) is 5.68. The highest BCUT2D eigenvalue weighted by Gasteiger charge is 2.37. The van der Waals surface area contributed by atoms with Crippen molar-refractivity contribution in [2.24, 2.45) is 0 Å². The van der Waals surface area contributed by atoms with Gasteiger partial charge in [-0.15, -0.1) is 5.10 Å². The number of fused-ring (bicyclic) bond motifs is 1. The SMILES string of the molecule is C=CCOC(=O)C1=C(C)Nc2nc(SCCC)nn2C1c1cccc(OC)c1OCC. The first-order chi connectivity index (χ1) is 15.0. The smallest absolute Gasteiger partial charge is 0.338 e. The minimum absolute atomic E-state index is 0.112. The number of hydrogen-bond donors (Lipinski definition) is 1. The minimum atomic E-state index is -0.589. The Morgan fingerprint density at radius 3 is 2.87 bits per heavy atom. The Balaban J connectivity index is 2.18. The second kappa shape index (κ2) is 10.4. The maximum absolute atomic E-state index is 13.1. The number of methoxy groups -OCH3 is 1. The summed E-state index contributed by atoms with van der Waals surface area (Å²) in [5.74, 6) is 2.15. The van der Waals surface area contributed by atoms with Crippen LogP contribution in [0, 0.1) is 0 Å². The Kier molecular flexibility index (Phi) is 7.62. The zero-order valence-corrected chi connectivity index (χ0v) is 19.1. The molecule has 1 atom stereocenters. The summed E-state index contributed by atoms with van der Waals surface area (Å²) in [5, 5.41) is 8.54. The molecule has 8 nitrogen and oxygen atoms in total. The van der Waals surface area contributed by atoms with Gasteiger partial charge in [0.2, 0.25) is 11.1 Å². The van der Waals surface area contributed by atoms with E-state index in [2.05, 4.69) is 23.8 Å². The maximum Gasteiger partial charge on any atom is 0.338 e. The molecule has 31 heavy (non-hydrogen) atoms. The van der Waals surface area contributed by atoms with Crippen molar-refractivity contribution in [3.05, 3.63) is 47.7 Å². The van der Waals surface area contributed by atoms with E-state index in [4.69, 9.17) is 19.3 Å². The molecule has 9 heteroatoms. The van der Waals surface area contributed by atoms with Crippen LogP contribution in [0.3, 0.4) is 0 Å². The number of thioether (sulfide) groups is 1. The van der Waals surface area contributed by atoms with Gasteiger partial charge in [0.15, 0.2) is 11.5 Å². The number of carbonyl (C=O) groups is 1. The summed E-state index contributed by atoms with van der Waals surface area (Å²) in [4.78, 5) is 17.7. The summed E-state index contributed by atoms with van der Waals surface area (Å²) >= 11 is 1.57. The fourth-order valence-electron chi connectivity index (χ4n) is 3.36. The van der Waals surface area contributed by atoms with Gasteiger partial charge in [-0.3, -0.25) is 0 Å². The molecular weight excluding hydrogens is 416 g/mol. The molecule has 0 aliphatic carbocycles. The Labute approximate surface area is 186 Å². The van der Waals surface area contributed by atoms with Crippen LogP contribution >= 0.6 is 11.8 Å². The molecule has 0 fully saturated rings. The van der Waals surface area contributed by atoms with Gasteiger partial charge in [0.1, 0.15) is 12.6 Å². The van der Waals surface area contributed by atoms with Crippen LogP contribution in [0.1, 0.15) is 38.8 Å². The number of aromatic nitrogens is 3. The van der Waals surface area contributed by atoms with Crippen molar-refractivity contribution in [2.45, 2.75) is 38.4 Å². The van der Waals surface area contributed by atoms with Gasteiger partial charge in [-0.25, -0.2) is 9.48 Å². The van der Waals surface area contributed by atoms with Gasteiger partial charge in [0, 0.05) is 17.0 Å². The van der Waals surface area contributed by atoms with E-state index in [0.717, 1.165) is 17.7 Å². The average Bonchev–Trinajstić information content (AvgIpc) is 3.17. The van der Waals surface area contributed by atoms with E-state index in [1.54, 1.807) is 23.6 Å². The van der Waals surface area contributed by atoms with Crippen molar-refractivity contribution in [3.8, 4) is 11.5 Å². The van der Waals surface area contributed by atoms with Gasteiger partial charge in [0.05, 0.1) is 19.3 Å². The monoisotopic (exact) mass is 444 g/mol. The molecule has 1 aromatic heterocycles. The molecule has 0 saturated carbocycles. The fourth-order valence-corrected chi connectivity index (χ4v) is 4.04. The number of esters is 1. The standard InChI is InChI=1S/C22H28N4O4S/c1-6-12-30-20(27)17-14(4)23-21-24-22(31-13-7-2)25-26(21)18(17)15-10-9-11-16(28-5)19(15)29-8-3/h6,9-11,18H,1,7-8,12-13H2,2-5H3,(H,23,24,25). The molecule has 3 rings (SSSR count).